The molecule has 26 heavy (non-hydrogen) atoms. The highest BCUT2D eigenvalue weighted by molar-refractivity contribution is 5.58. The SMILES string of the molecule is Cc1ccc(CN2CC[C@H](c3nnc(-c4ccc(N(C)C)cc4)o3)C2)o1. The summed E-state index contributed by atoms with van der Waals surface area (Å²) in [6.45, 7) is 4.74. The van der Waals surface area contributed by atoms with Gasteiger partial charge in [0, 0.05) is 31.9 Å². The van der Waals surface area contributed by atoms with Crippen molar-refractivity contribution in [3.63, 3.8) is 0 Å². The molecular formula is C20H24N4O2. The van der Waals surface area contributed by atoms with Gasteiger partial charge in [-0.15, -0.1) is 10.2 Å². The van der Waals surface area contributed by atoms with E-state index in [1.807, 2.05) is 45.3 Å². The molecule has 0 radical (unpaired) electrons. The summed E-state index contributed by atoms with van der Waals surface area (Å²) in [4.78, 5) is 4.44. The van der Waals surface area contributed by atoms with E-state index in [9.17, 15) is 0 Å². The Hall–Kier alpha value is -2.60. The van der Waals surface area contributed by atoms with Crippen molar-refractivity contribution in [3.8, 4) is 11.5 Å². The lowest BCUT2D eigenvalue weighted by atomic mass is 10.1. The molecule has 0 saturated carbocycles. The zero-order chi connectivity index (χ0) is 18.1. The number of hydrogen-bond acceptors (Lipinski definition) is 6. The molecule has 0 N–H and O–H groups in total. The van der Waals surface area contributed by atoms with Gasteiger partial charge in [0.15, 0.2) is 0 Å². The van der Waals surface area contributed by atoms with Crippen molar-refractivity contribution in [2.75, 3.05) is 32.1 Å². The minimum Gasteiger partial charge on any atom is -0.465 e. The molecule has 3 heterocycles. The Balaban J connectivity index is 1.41. The van der Waals surface area contributed by atoms with Crippen molar-refractivity contribution in [2.45, 2.75) is 25.8 Å². The largest absolute Gasteiger partial charge is 0.465 e. The summed E-state index contributed by atoms with van der Waals surface area (Å²) in [6, 6.07) is 12.2. The molecule has 1 aliphatic heterocycles. The van der Waals surface area contributed by atoms with E-state index in [1.54, 1.807) is 0 Å². The third kappa shape index (κ3) is 3.51. The molecule has 2 aromatic heterocycles. The molecule has 0 unspecified atom stereocenters. The lowest BCUT2D eigenvalue weighted by Gasteiger charge is -2.13. The first kappa shape index (κ1) is 16.8. The predicted octanol–water partition coefficient (Wildman–Crippen LogP) is 3.69. The molecule has 3 aromatic rings. The van der Waals surface area contributed by atoms with Crippen molar-refractivity contribution in [3.05, 3.63) is 53.8 Å². The van der Waals surface area contributed by atoms with Gasteiger partial charge in [-0.25, -0.2) is 0 Å². The summed E-state index contributed by atoms with van der Waals surface area (Å²) >= 11 is 0. The van der Waals surface area contributed by atoms with Crippen LogP contribution < -0.4 is 4.90 Å². The zero-order valence-electron chi connectivity index (χ0n) is 15.5. The second kappa shape index (κ2) is 6.96. The van der Waals surface area contributed by atoms with Gasteiger partial charge in [-0.3, -0.25) is 4.90 Å². The van der Waals surface area contributed by atoms with Crippen molar-refractivity contribution >= 4 is 5.69 Å². The van der Waals surface area contributed by atoms with Crippen molar-refractivity contribution in [2.24, 2.45) is 0 Å². The van der Waals surface area contributed by atoms with Crippen LogP contribution in [0.4, 0.5) is 5.69 Å². The summed E-state index contributed by atoms with van der Waals surface area (Å²) < 4.78 is 11.6. The van der Waals surface area contributed by atoms with Gasteiger partial charge in [-0.2, -0.15) is 0 Å². The Kier molecular flexibility index (Phi) is 4.51. The minimum absolute atomic E-state index is 0.286. The highest BCUT2D eigenvalue weighted by Crippen LogP contribution is 2.30. The fourth-order valence-electron chi connectivity index (χ4n) is 3.39. The number of likely N-dealkylation sites (tertiary alicyclic amines) is 1. The van der Waals surface area contributed by atoms with Crippen LogP contribution in [-0.4, -0.2) is 42.3 Å². The van der Waals surface area contributed by atoms with Crippen LogP contribution in [-0.2, 0) is 6.54 Å². The van der Waals surface area contributed by atoms with Crippen LogP contribution in [0, 0.1) is 6.92 Å². The summed E-state index contributed by atoms with van der Waals surface area (Å²) in [5, 5.41) is 8.55. The Morgan fingerprint density at radius 1 is 1.08 bits per heavy atom. The van der Waals surface area contributed by atoms with E-state index in [-0.39, 0.29) is 5.92 Å². The average molecular weight is 352 g/mol. The van der Waals surface area contributed by atoms with E-state index in [2.05, 4.69) is 32.1 Å². The number of nitrogens with zero attached hydrogens (tertiary/aromatic N) is 4. The first-order chi connectivity index (χ1) is 12.6. The summed E-state index contributed by atoms with van der Waals surface area (Å²) in [5.41, 5.74) is 2.10. The van der Waals surface area contributed by atoms with Crippen LogP contribution >= 0.6 is 0 Å². The first-order valence-electron chi connectivity index (χ1n) is 8.97. The van der Waals surface area contributed by atoms with Crippen molar-refractivity contribution in [1.82, 2.24) is 15.1 Å². The normalized spacial score (nSPS) is 17.7. The van der Waals surface area contributed by atoms with E-state index < -0.39 is 0 Å². The quantitative estimate of drug-likeness (QED) is 0.698. The van der Waals surface area contributed by atoms with Gasteiger partial charge in [0.05, 0.1) is 12.5 Å². The van der Waals surface area contributed by atoms with E-state index in [0.717, 1.165) is 54.7 Å². The molecule has 0 spiro atoms. The Bertz CT molecular complexity index is 866. The molecular weight excluding hydrogens is 328 g/mol. The van der Waals surface area contributed by atoms with Gasteiger partial charge in [0.25, 0.3) is 0 Å². The van der Waals surface area contributed by atoms with Crippen molar-refractivity contribution in [1.29, 1.82) is 0 Å². The van der Waals surface area contributed by atoms with Crippen LogP contribution in [0.15, 0.2) is 45.2 Å². The summed E-state index contributed by atoms with van der Waals surface area (Å²) in [5.74, 6) is 3.57. The van der Waals surface area contributed by atoms with Crippen LogP contribution in [0.2, 0.25) is 0 Å². The van der Waals surface area contributed by atoms with Crippen molar-refractivity contribution < 1.29 is 8.83 Å². The predicted molar refractivity (Wildman–Crippen MR) is 100 cm³/mol. The van der Waals surface area contributed by atoms with Gasteiger partial charge < -0.3 is 13.7 Å². The lowest BCUT2D eigenvalue weighted by Crippen LogP contribution is -2.19. The molecule has 6 heteroatoms. The minimum atomic E-state index is 0.286. The Labute approximate surface area is 153 Å². The Morgan fingerprint density at radius 3 is 2.58 bits per heavy atom. The number of anilines is 1. The second-order valence-corrected chi connectivity index (χ2v) is 7.12. The molecule has 6 nitrogen and oxygen atoms in total. The molecule has 0 bridgehead atoms. The lowest BCUT2D eigenvalue weighted by molar-refractivity contribution is 0.287. The third-order valence-electron chi connectivity index (χ3n) is 4.87. The number of aryl methyl sites for hydroxylation is 1. The molecule has 1 saturated heterocycles. The number of rotatable bonds is 5. The molecule has 1 aliphatic rings. The highest BCUT2D eigenvalue weighted by Gasteiger charge is 2.28. The van der Waals surface area contributed by atoms with Gasteiger partial charge in [0.1, 0.15) is 11.5 Å². The standard InChI is InChI=1S/C20H24N4O2/c1-14-4-9-18(25-14)13-24-11-10-16(12-24)20-22-21-19(26-20)15-5-7-17(8-6-15)23(2)3/h4-9,16H,10-13H2,1-3H3/t16-/m0/s1. The molecule has 136 valence electrons. The van der Waals surface area contributed by atoms with E-state index >= 15 is 0 Å². The fourth-order valence-corrected chi connectivity index (χ4v) is 3.39. The van der Waals surface area contributed by atoms with Gasteiger partial charge in [0.2, 0.25) is 11.8 Å². The topological polar surface area (TPSA) is 58.5 Å². The maximum Gasteiger partial charge on any atom is 0.247 e. The number of benzene rings is 1. The number of furan rings is 1. The summed E-state index contributed by atoms with van der Waals surface area (Å²) in [7, 11) is 4.05. The summed E-state index contributed by atoms with van der Waals surface area (Å²) in [6.07, 6.45) is 1.03. The van der Waals surface area contributed by atoms with Gasteiger partial charge in [-0.05, 0) is 56.3 Å². The van der Waals surface area contributed by atoms with Crippen LogP contribution in [0.1, 0.15) is 29.7 Å². The smallest absolute Gasteiger partial charge is 0.247 e. The molecule has 1 atom stereocenters. The second-order valence-electron chi connectivity index (χ2n) is 7.12. The van der Waals surface area contributed by atoms with E-state index in [4.69, 9.17) is 8.83 Å². The monoisotopic (exact) mass is 352 g/mol. The van der Waals surface area contributed by atoms with E-state index in [1.165, 1.54) is 0 Å². The molecule has 1 fully saturated rings. The molecule has 0 amide bonds. The maximum absolute atomic E-state index is 5.97. The van der Waals surface area contributed by atoms with Gasteiger partial charge in [-0.1, -0.05) is 0 Å². The van der Waals surface area contributed by atoms with Gasteiger partial charge >= 0.3 is 0 Å². The first-order valence-corrected chi connectivity index (χ1v) is 8.97. The molecule has 4 rings (SSSR count). The Morgan fingerprint density at radius 2 is 1.88 bits per heavy atom. The average Bonchev–Trinajstić information content (AvgIpc) is 3.36. The fraction of sp³-hybridized carbons (Fsp3) is 0.400. The van der Waals surface area contributed by atoms with E-state index in [0.29, 0.717) is 5.89 Å². The highest BCUT2D eigenvalue weighted by atomic mass is 16.4. The van der Waals surface area contributed by atoms with Crippen LogP contribution in [0.25, 0.3) is 11.5 Å². The number of aromatic nitrogens is 2. The molecule has 1 aromatic carbocycles. The maximum atomic E-state index is 5.97. The third-order valence-corrected chi connectivity index (χ3v) is 4.87. The van der Waals surface area contributed by atoms with Crippen LogP contribution in [0.5, 0.6) is 0 Å². The number of hydrogen-bond donors (Lipinski definition) is 0. The molecule has 0 aliphatic carbocycles. The zero-order valence-corrected chi connectivity index (χ0v) is 15.5. The van der Waals surface area contributed by atoms with Crippen LogP contribution in [0.3, 0.4) is 0 Å².